The molecule has 0 bridgehead atoms. The number of hydrogen-bond acceptors (Lipinski definition) is 4. The number of carbonyl (C=O) groups excluding carboxylic acids is 2. The zero-order chi connectivity index (χ0) is 22.0. The summed E-state index contributed by atoms with van der Waals surface area (Å²) in [6.07, 6.45) is 0.893. The molecule has 1 aliphatic rings. The van der Waals surface area contributed by atoms with Crippen molar-refractivity contribution in [2.24, 2.45) is 5.92 Å². The first-order valence-electron chi connectivity index (χ1n) is 10.3. The summed E-state index contributed by atoms with van der Waals surface area (Å²) in [6.45, 7) is 1.94. The fourth-order valence-corrected chi connectivity index (χ4v) is 5.47. The third-order valence-corrected chi connectivity index (χ3v) is 7.65. The van der Waals surface area contributed by atoms with Gasteiger partial charge < -0.3 is 5.32 Å². The Bertz CT molecular complexity index is 1240. The number of rotatable bonds is 5. The summed E-state index contributed by atoms with van der Waals surface area (Å²) in [5.41, 5.74) is 1.13. The SMILES string of the molecule is CC(=O)c1cccc(S(=O)(=O)N2CCC(C(=O)Nc3cccc4ccccc34)CC2)c1. The summed E-state index contributed by atoms with van der Waals surface area (Å²) in [7, 11) is -3.71. The van der Waals surface area contributed by atoms with Gasteiger partial charge in [-0.2, -0.15) is 4.31 Å². The molecule has 160 valence electrons. The second kappa shape index (κ2) is 8.61. The van der Waals surface area contributed by atoms with Gasteiger partial charge in [0.1, 0.15) is 0 Å². The van der Waals surface area contributed by atoms with E-state index >= 15 is 0 Å². The van der Waals surface area contributed by atoms with Crippen LogP contribution >= 0.6 is 0 Å². The quantitative estimate of drug-likeness (QED) is 0.611. The molecule has 6 nitrogen and oxygen atoms in total. The van der Waals surface area contributed by atoms with E-state index in [4.69, 9.17) is 0 Å². The largest absolute Gasteiger partial charge is 0.325 e. The maximum absolute atomic E-state index is 13.0. The number of Topliss-reactive ketones (excluding diaryl/α,β-unsaturated/α-hetero) is 1. The van der Waals surface area contributed by atoms with Crippen molar-refractivity contribution in [1.82, 2.24) is 4.31 Å². The molecule has 0 spiro atoms. The molecule has 0 unspecified atom stereocenters. The van der Waals surface area contributed by atoms with Crippen LogP contribution in [-0.2, 0) is 14.8 Å². The van der Waals surface area contributed by atoms with Crippen LogP contribution in [0.5, 0.6) is 0 Å². The number of nitrogens with zero attached hydrogens (tertiary/aromatic N) is 1. The van der Waals surface area contributed by atoms with Crippen molar-refractivity contribution < 1.29 is 18.0 Å². The van der Waals surface area contributed by atoms with E-state index in [1.807, 2.05) is 42.5 Å². The van der Waals surface area contributed by atoms with Gasteiger partial charge in [-0.1, -0.05) is 48.5 Å². The molecule has 0 saturated carbocycles. The third-order valence-electron chi connectivity index (χ3n) is 5.75. The fraction of sp³-hybridized carbons (Fsp3) is 0.250. The zero-order valence-electron chi connectivity index (χ0n) is 17.2. The first-order chi connectivity index (χ1) is 14.9. The molecule has 3 aromatic rings. The van der Waals surface area contributed by atoms with E-state index in [0.29, 0.717) is 18.4 Å². The highest BCUT2D eigenvalue weighted by atomic mass is 32.2. The van der Waals surface area contributed by atoms with E-state index in [-0.39, 0.29) is 35.6 Å². The minimum Gasteiger partial charge on any atom is -0.325 e. The maximum atomic E-state index is 13.0. The molecule has 1 fully saturated rings. The molecular weight excluding hydrogens is 412 g/mol. The predicted octanol–water partition coefficient (Wildman–Crippen LogP) is 4.08. The Morgan fingerprint density at radius 3 is 2.35 bits per heavy atom. The predicted molar refractivity (Wildman–Crippen MR) is 121 cm³/mol. The number of benzene rings is 3. The van der Waals surface area contributed by atoms with Gasteiger partial charge in [-0.15, -0.1) is 0 Å². The molecule has 1 saturated heterocycles. The van der Waals surface area contributed by atoms with Crippen molar-refractivity contribution in [3.63, 3.8) is 0 Å². The Kier molecular flexibility index (Phi) is 5.89. The molecule has 1 N–H and O–H groups in total. The molecule has 1 heterocycles. The zero-order valence-corrected chi connectivity index (χ0v) is 18.1. The van der Waals surface area contributed by atoms with Gasteiger partial charge in [0, 0.05) is 35.6 Å². The van der Waals surface area contributed by atoms with Gasteiger partial charge in [0.15, 0.2) is 5.78 Å². The second-order valence-corrected chi connectivity index (χ2v) is 9.72. The Labute approximate surface area is 181 Å². The van der Waals surface area contributed by atoms with Crippen molar-refractivity contribution in [3.05, 3.63) is 72.3 Å². The Balaban J connectivity index is 1.44. The molecule has 0 aliphatic carbocycles. The number of carbonyl (C=O) groups is 2. The molecule has 7 heteroatoms. The van der Waals surface area contributed by atoms with Crippen LogP contribution in [0.15, 0.2) is 71.6 Å². The number of ketones is 1. The summed E-state index contributed by atoms with van der Waals surface area (Å²) >= 11 is 0. The average Bonchev–Trinajstić information content (AvgIpc) is 2.79. The van der Waals surface area contributed by atoms with Gasteiger partial charge in [-0.05, 0) is 43.4 Å². The van der Waals surface area contributed by atoms with E-state index in [2.05, 4.69) is 5.32 Å². The third kappa shape index (κ3) is 4.38. The van der Waals surface area contributed by atoms with Crippen molar-refractivity contribution in [3.8, 4) is 0 Å². The van der Waals surface area contributed by atoms with Gasteiger partial charge in [0.2, 0.25) is 15.9 Å². The number of amides is 1. The number of fused-ring (bicyclic) bond motifs is 1. The number of nitrogens with one attached hydrogen (secondary N) is 1. The molecule has 0 aromatic heterocycles. The van der Waals surface area contributed by atoms with E-state index in [1.165, 1.54) is 23.4 Å². The number of hydrogen-bond donors (Lipinski definition) is 1. The lowest BCUT2D eigenvalue weighted by Gasteiger charge is -2.30. The van der Waals surface area contributed by atoms with Crippen LogP contribution in [0.4, 0.5) is 5.69 Å². The van der Waals surface area contributed by atoms with Gasteiger partial charge in [0.25, 0.3) is 0 Å². The van der Waals surface area contributed by atoms with E-state index in [9.17, 15) is 18.0 Å². The van der Waals surface area contributed by atoms with Gasteiger partial charge in [-0.25, -0.2) is 8.42 Å². The number of piperidine rings is 1. The van der Waals surface area contributed by atoms with Crippen molar-refractivity contribution >= 4 is 38.2 Å². The lowest BCUT2D eigenvalue weighted by molar-refractivity contribution is -0.120. The number of sulfonamides is 1. The lowest BCUT2D eigenvalue weighted by Crippen LogP contribution is -2.41. The molecule has 1 amide bonds. The maximum Gasteiger partial charge on any atom is 0.243 e. The summed E-state index contributed by atoms with van der Waals surface area (Å²) < 4.78 is 27.4. The van der Waals surface area contributed by atoms with Gasteiger partial charge >= 0.3 is 0 Å². The minimum absolute atomic E-state index is 0.0908. The van der Waals surface area contributed by atoms with E-state index in [1.54, 1.807) is 12.1 Å². The summed E-state index contributed by atoms with van der Waals surface area (Å²) in [4.78, 5) is 24.5. The molecule has 31 heavy (non-hydrogen) atoms. The highest BCUT2D eigenvalue weighted by Crippen LogP contribution is 2.27. The highest BCUT2D eigenvalue weighted by Gasteiger charge is 2.32. The van der Waals surface area contributed by atoms with Crippen LogP contribution in [0.25, 0.3) is 10.8 Å². The smallest absolute Gasteiger partial charge is 0.243 e. The molecular formula is C24H24N2O4S. The monoisotopic (exact) mass is 436 g/mol. The molecule has 1 aliphatic heterocycles. The molecule has 0 atom stereocenters. The summed E-state index contributed by atoms with van der Waals surface area (Å²) in [5.74, 6) is -0.526. The average molecular weight is 437 g/mol. The van der Waals surface area contributed by atoms with Crippen LogP contribution < -0.4 is 5.32 Å². The minimum atomic E-state index is -3.71. The summed E-state index contributed by atoms with van der Waals surface area (Å²) in [5, 5.41) is 5.04. The van der Waals surface area contributed by atoms with E-state index in [0.717, 1.165) is 16.5 Å². The van der Waals surface area contributed by atoms with Crippen LogP contribution in [0.1, 0.15) is 30.1 Å². The first-order valence-corrected chi connectivity index (χ1v) is 11.7. The van der Waals surface area contributed by atoms with Crippen LogP contribution in [0.2, 0.25) is 0 Å². The fourth-order valence-electron chi connectivity index (χ4n) is 3.95. The summed E-state index contributed by atoms with van der Waals surface area (Å²) in [6, 6.07) is 19.7. The van der Waals surface area contributed by atoms with Crippen molar-refractivity contribution in [1.29, 1.82) is 0 Å². The number of anilines is 1. The van der Waals surface area contributed by atoms with Crippen LogP contribution in [0, 0.1) is 5.92 Å². The van der Waals surface area contributed by atoms with Crippen LogP contribution in [0.3, 0.4) is 0 Å². The standard InChI is InChI=1S/C24H24N2O4S/c1-17(27)20-8-4-9-21(16-20)31(29,30)26-14-12-19(13-15-26)24(28)25-23-11-5-7-18-6-2-3-10-22(18)23/h2-11,16,19H,12-15H2,1H3,(H,25,28). The van der Waals surface area contributed by atoms with Gasteiger partial charge in [-0.3, -0.25) is 9.59 Å². The normalized spacial score (nSPS) is 15.6. The van der Waals surface area contributed by atoms with Crippen molar-refractivity contribution in [2.45, 2.75) is 24.7 Å². The Morgan fingerprint density at radius 2 is 1.61 bits per heavy atom. The Morgan fingerprint density at radius 1 is 0.935 bits per heavy atom. The second-order valence-electron chi connectivity index (χ2n) is 7.78. The van der Waals surface area contributed by atoms with Crippen LogP contribution in [-0.4, -0.2) is 37.5 Å². The first kappa shape index (κ1) is 21.2. The highest BCUT2D eigenvalue weighted by molar-refractivity contribution is 7.89. The Hall–Kier alpha value is -3.03. The molecule has 3 aromatic carbocycles. The lowest BCUT2D eigenvalue weighted by atomic mass is 9.97. The van der Waals surface area contributed by atoms with Gasteiger partial charge in [0.05, 0.1) is 4.90 Å². The topological polar surface area (TPSA) is 83.6 Å². The molecule has 0 radical (unpaired) electrons. The molecule has 4 rings (SSSR count). The van der Waals surface area contributed by atoms with Crippen molar-refractivity contribution in [2.75, 3.05) is 18.4 Å². The van der Waals surface area contributed by atoms with E-state index < -0.39 is 10.0 Å².